The molecule has 1 N–H and O–H groups in total. The molecular weight excluding hydrogens is 305 g/mol. The SMILES string of the molecule is Cl.O=C(O)C1CCN(Cc2ccccc2Br)C1. The number of rotatable bonds is 3. The van der Waals surface area contributed by atoms with Crippen LogP contribution in [-0.2, 0) is 11.3 Å². The number of carbonyl (C=O) groups is 1. The number of nitrogens with zero attached hydrogens (tertiary/aromatic N) is 1. The Morgan fingerprint density at radius 1 is 1.47 bits per heavy atom. The first-order valence-electron chi connectivity index (χ1n) is 5.35. The molecule has 2 rings (SSSR count). The van der Waals surface area contributed by atoms with Gasteiger partial charge in [0.05, 0.1) is 5.92 Å². The monoisotopic (exact) mass is 319 g/mol. The molecule has 0 bridgehead atoms. The number of halogens is 2. The lowest BCUT2D eigenvalue weighted by Gasteiger charge is -2.16. The summed E-state index contributed by atoms with van der Waals surface area (Å²) < 4.78 is 1.09. The molecule has 0 saturated carbocycles. The van der Waals surface area contributed by atoms with Gasteiger partial charge in [0.1, 0.15) is 0 Å². The number of hydrogen-bond acceptors (Lipinski definition) is 2. The van der Waals surface area contributed by atoms with E-state index < -0.39 is 5.97 Å². The maximum Gasteiger partial charge on any atom is 0.307 e. The van der Waals surface area contributed by atoms with Gasteiger partial charge in [0, 0.05) is 17.6 Å². The minimum atomic E-state index is -0.672. The summed E-state index contributed by atoms with van der Waals surface area (Å²) in [6.07, 6.45) is 0.764. The van der Waals surface area contributed by atoms with Crippen molar-refractivity contribution in [2.45, 2.75) is 13.0 Å². The first kappa shape index (κ1) is 14.5. The quantitative estimate of drug-likeness (QED) is 0.931. The molecule has 1 unspecified atom stereocenters. The van der Waals surface area contributed by atoms with E-state index in [2.05, 4.69) is 26.9 Å². The highest BCUT2D eigenvalue weighted by Gasteiger charge is 2.27. The number of carboxylic acid groups (broad SMARTS) is 1. The maximum absolute atomic E-state index is 10.8. The highest BCUT2D eigenvalue weighted by molar-refractivity contribution is 9.10. The van der Waals surface area contributed by atoms with Crippen LogP contribution in [0, 0.1) is 5.92 Å². The van der Waals surface area contributed by atoms with Gasteiger partial charge in [0.25, 0.3) is 0 Å². The fourth-order valence-corrected chi connectivity index (χ4v) is 2.46. The summed E-state index contributed by atoms with van der Waals surface area (Å²) in [5.74, 6) is -0.864. The zero-order valence-electron chi connectivity index (χ0n) is 9.30. The highest BCUT2D eigenvalue weighted by atomic mass is 79.9. The summed E-state index contributed by atoms with van der Waals surface area (Å²) in [4.78, 5) is 13.0. The molecule has 1 aliphatic heterocycles. The van der Waals surface area contributed by atoms with Gasteiger partial charge in [0.15, 0.2) is 0 Å². The van der Waals surface area contributed by atoms with Crippen molar-refractivity contribution in [3.8, 4) is 0 Å². The van der Waals surface area contributed by atoms with Gasteiger partial charge >= 0.3 is 5.97 Å². The average molecular weight is 321 g/mol. The van der Waals surface area contributed by atoms with Gasteiger partial charge < -0.3 is 5.11 Å². The van der Waals surface area contributed by atoms with E-state index in [4.69, 9.17) is 5.11 Å². The lowest BCUT2D eigenvalue weighted by Crippen LogP contribution is -2.22. The van der Waals surface area contributed by atoms with Crippen molar-refractivity contribution in [3.05, 3.63) is 34.3 Å². The Labute approximate surface area is 115 Å². The van der Waals surface area contributed by atoms with E-state index in [1.807, 2.05) is 18.2 Å². The summed E-state index contributed by atoms with van der Waals surface area (Å²) in [6.45, 7) is 2.36. The van der Waals surface area contributed by atoms with E-state index in [9.17, 15) is 4.79 Å². The van der Waals surface area contributed by atoms with Crippen molar-refractivity contribution in [1.29, 1.82) is 0 Å². The van der Waals surface area contributed by atoms with Gasteiger partial charge in [0.2, 0.25) is 0 Å². The van der Waals surface area contributed by atoms with Crippen molar-refractivity contribution >= 4 is 34.3 Å². The first-order chi connectivity index (χ1) is 7.66. The molecule has 0 amide bonds. The third-order valence-electron chi connectivity index (χ3n) is 2.97. The van der Waals surface area contributed by atoms with Gasteiger partial charge in [-0.2, -0.15) is 0 Å². The molecule has 1 aromatic rings. The third kappa shape index (κ3) is 3.69. The predicted molar refractivity (Wildman–Crippen MR) is 72.4 cm³/mol. The van der Waals surface area contributed by atoms with Crippen LogP contribution in [0.4, 0.5) is 0 Å². The molecule has 1 heterocycles. The second kappa shape index (κ2) is 6.38. The van der Waals surface area contributed by atoms with Crippen LogP contribution in [0.2, 0.25) is 0 Å². The van der Waals surface area contributed by atoms with E-state index in [-0.39, 0.29) is 18.3 Å². The molecule has 5 heteroatoms. The lowest BCUT2D eigenvalue weighted by atomic mass is 10.1. The number of hydrogen-bond donors (Lipinski definition) is 1. The van der Waals surface area contributed by atoms with Gasteiger partial charge in [-0.15, -0.1) is 12.4 Å². The highest BCUT2D eigenvalue weighted by Crippen LogP contribution is 2.22. The van der Waals surface area contributed by atoms with Gasteiger partial charge in [-0.25, -0.2) is 0 Å². The van der Waals surface area contributed by atoms with Crippen molar-refractivity contribution in [1.82, 2.24) is 4.90 Å². The van der Waals surface area contributed by atoms with Crippen LogP contribution in [-0.4, -0.2) is 29.1 Å². The van der Waals surface area contributed by atoms with Gasteiger partial charge in [-0.1, -0.05) is 34.1 Å². The molecule has 0 aromatic heterocycles. The van der Waals surface area contributed by atoms with Crippen molar-refractivity contribution in [2.75, 3.05) is 13.1 Å². The van der Waals surface area contributed by atoms with Gasteiger partial charge in [-0.3, -0.25) is 9.69 Å². The summed E-state index contributed by atoms with van der Waals surface area (Å²) in [5, 5.41) is 8.92. The standard InChI is InChI=1S/C12H14BrNO2.ClH/c13-11-4-2-1-3-9(11)7-14-6-5-10(8-14)12(15)16;/h1-4,10H,5-8H2,(H,15,16);1H. The Morgan fingerprint density at radius 3 is 2.76 bits per heavy atom. The minimum Gasteiger partial charge on any atom is -0.481 e. The summed E-state index contributed by atoms with van der Waals surface area (Å²) in [5.41, 5.74) is 1.22. The van der Waals surface area contributed by atoms with Crippen molar-refractivity contribution in [3.63, 3.8) is 0 Å². The van der Waals surface area contributed by atoms with Crippen LogP contribution in [0.25, 0.3) is 0 Å². The first-order valence-corrected chi connectivity index (χ1v) is 6.14. The summed E-state index contributed by atoms with van der Waals surface area (Å²) >= 11 is 3.50. The van der Waals surface area contributed by atoms with E-state index in [0.29, 0.717) is 6.54 Å². The molecule has 94 valence electrons. The number of benzene rings is 1. The molecular formula is C12H15BrClNO2. The molecule has 0 spiro atoms. The Bertz CT molecular complexity index is 400. The van der Waals surface area contributed by atoms with Crippen molar-refractivity contribution < 1.29 is 9.90 Å². The molecule has 1 aromatic carbocycles. The third-order valence-corrected chi connectivity index (χ3v) is 3.75. The Morgan fingerprint density at radius 2 is 2.18 bits per heavy atom. The van der Waals surface area contributed by atoms with Gasteiger partial charge in [-0.05, 0) is 24.6 Å². The van der Waals surface area contributed by atoms with Crippen LogP contribution >= 0.6 is 28.3 Å². The molecule has 0 aliphatic carbocycles. The van der Waals surface area contributed by atoms with Crippen LogP contribution in [0.5, 0.6) is 0 Å². The molecule has 17 heavy (non-hydrogen) atoms. The molecule has 1 aliphatic rings. The predicted octanol–water partition coefficient (Wildman–Crippen LogP) is 2.78. The Kier molecular flexibility index (Phi) is 5.43. The molecule has 1 atom stereocenters. The Hall–Kier alpha value is -0.580. The van der Waals surface area contributed by atoms with Crippen molar-refractivity contribution in [2.24, 2.45) is 5.92 Å². The maximum atomic E-state index is 10.8. The zero-order valence-corrected chi connectivity index (χ0v) is 11.7. The number of carboxylic acids is 1. The normalized spacial score (nSPS) is 19.9. The molecule has 1 fully saturated rings. The van der Waals surface area contributed by atoms with Crippen LogP contribution in [0.15, 0.2) is 28.7 Å². The van der Waals surface area contributed by atoms with E-state index in [1.54, 1.807) is 0 Å². The second-order valence-corrected chi connectivity index (χ2v) is 5.00. The topological polar surface area (TPSA) is 40.5 Å². The van der Waals surface area contributed by atoms with E-state index >= 15 is 0 Å². The zero-order chi connectivity index (χ0) is 11.5. The van der Waals surface area contributed by atoms with E-state index in [0.717, 1.165) is 24.0 Å². The molecule has 3 nitrogen and oxygen atoms in total. The summed E-state index contributed by atoms with van der Waals surface area (Å²) in [6, 6.07) is 8.07. The minimum absolute atomic E-state index is 0. The molecule has 0 radical (unpaired) electrons. The second-order valence-electron chi connectivity index (χ2n) is 4.15. The fraction of sp³-hybridized carbons (Fsp3) is 0.417. The average Bonchev–Trinajstić information content (AvgIpc) is 2.70. The smallest absolute Gasteiger partial charge is 0.307 e. The number of aliphatic carboxylic acids is 1. The largest absolute Gasteiger partial charge is 0.481 e. The Balaban J connectivity index is 0.00000144. The van der Waals surface area contributed by atoms with Crippen LogP contribution in [0.3, 0.4) is 0 Å². The molecule has 1 saturated heterocycles. The lowest BCUT2D eigenvalue weighted by molar-refractivity contribution is -0.141. The fourth-order valence-electron chi connectivity index (χ4n) is 2.05. The van der Waals surface area contributed by atoms with Crippen LogP contribution in [0.1, 0.15) is 12.0 Å². The van der Waals surface area contributed by atoms with Crippen LogP contribution < -0.4 is 0 Å². The number of likely N-dealkylation sites (tertiary alicyclic amines) is 1. The van der Waals surface area contributed by atoms with E-state index in [1.165, 1.54) is 5.56 Å². The summed E-state index contributed by atoms with van der Waals surface area (Å²) in [7, 11) is 0.